The second-order valence-corrected chi connectivity index (χ2v) is 11.5. The van der Waals surface area contributed by atoms with Crippen molar-refractivity contribution in [2.45, 2.75) is 70.6 Å². The van der Waals surface area contributed by atoms with E-state index in [1.165, 1.54) is 6.07 Å². The van der Waals surface area contributed by atoms with Gasteiger partial charge in [0.05, 0.1) is 17.1 Å². The first-order chi connectivity index (χ1) is 17.4. The molecule has 5 nitrogen and oxygen atoms in total. The number of nitrogens with one attached hydrogen (secondary N) is 1. The van der Waals surface area contributed by atoms with E-state index in [9.17, 15) is 13.2 Å². The summed E-state index contributed by atoms with van der Waals surface area (Å²) >= 11 is 12.4. The van der Waals surface area contributed by atoms with Gasteiger partial charge in [-0.25, -0.2) is 4.68 Å². The Kier molecular flexibility index (Phi) is 7.91. The van der Waals surface area contributed by atoms with Gasteiger partial charge >= 0.3 is 6.18 Å². The van der Waals surface area contributed by atoms with Crippen molar-refractivity contribution < 1.29 is 13.2 Å². The van der Waals surface area contributed by atoms with Crippen LogP contribution in [0, 0.1) is 5.41 Å². The minimum atomic E-state index is -4.43. The van der Waals surface area contributed by atoms with E-state index < -0.39 is 17.3 Å². The smallest absolute Gasteiger partial charge is 0.373 e. The lowest BCUT2D eigenvalue weighted by Crippen LogP contribution is -2.42. The number of hydrogen-bond acceptors (Lipinski definition) is 4. The summed E-state index contributed by atoms with van der Waals surface area (Å²) < 4.78 is 42.0. The molecule has 1 aliphatic rings. The molecule has 1 aliphatic carbocycles. The second-order valence-electron chi connectivity index (χ2n) is 10.6. The maximum Gasteiger partial charge on any atom is 0.416 e. The zero-order chi connectivity index (χ0) is 26.8. The average molecular weight is 552 g/mol. The average Bonchev–Trinajstić information content (AvgIpc) is 3.30. The monoisotopic (exact) mass is 551 g/mol. The number of allylic oxidation sites excluding steroid dienone is 1. The van der Waals surface area contributed by atoms with E-state index in [1.54, 1.807) is 22.9 Å². The molecule has 0 amide bonds. The molecule has 10 heteroatoms. The zero-order valence-electron chi connectivity index (χ0n) is 21.0. The lowest BCUT2D eigenvalue weighted by molar-refractivity contribution is -0.137. The fourth-order valence-electron chi connectivity index (χ4n) is 4.87. The Morgan fingerprint density at radius 2 is 1.76 bits per heavy atom. The van der Waals surface area contributed by atoms with Crippen molar-refractivity contribution in [1.29, 1.82) is 0 Å². The predicted octanol–water partition coefficient (Wildman–Crippen LogP) is 8.57. The molecule has 0 bridgehead atoms. The third kappa shape index (κ3) is 6.29. The molecular formula is C27H30Cl2F3N5. The summed E-state index contributed by atoms with van der Waals surface area (Å²) in [5, 5.41) is 17.3. The molecule has 3 aromatic rings. The van der Waals surface area contributed by atoms with E-state index in [0.29, 0.717) is 34.4 Å². The van der Waals surface area contributed by atoms with Gasteiger partial charge < -0.3 is 5.32 Å². The van der Waals surface area contributed by atoms with Crippen molar-refractivity contribution >= 4 is 35.0 Å². The van der Waals surface area contributed by atoms with Crippen LogP contribution >= 0.6 is 23.2 Å². The summed E-state index contributed by atoms with van der Waals surface area (Å²) in [6.45, 7) is 6.26. The van der Waals surface area contributed by atoms with E-state index in [4.69, 9.17) is 23.2 Å². The summed E-state index contributed by atoms with van der Waals surface area (Å²) in [6.07, 6.45) is 3.78. The molecule has 4 rings (SSSR count). The largest absolute Gasteiger partial charge is 0.416 e. The van der Waals surface area contributed by atoms with Gasteiger partial charge in [-0.1, -0.05) is 87.5 Å². The van der Waals surface area contributed by atoms with Gasteiger partial charge in [0, 0.05) is 15.7 Å². The predicted molar refractivity (Wildman–Crippen MR) is 142 cm³/mol. The SMILES string of the molecule is CC(C)(C)[C@H](/C=C/c1ccc(Cl)cc1Cl)n1nnnc1C1(Nc2cccc(C(F)(F)F)c2)CCCCC1. The molecule has 37 heavy (non-hydrogen) atoms. The number of halogens is 5. The van der Waals surface area contributed by atoms with Gasteiger partial charge in [0.25, 0.3) is 0 Å². The van der Waals surface area contributed by atoms with Gasteiger partial charge in [-0.2, -0.15) is 13.2 Å². The van der Waals surface area contributed by atoms with E-state index in [-0.39, 0.29) is 11.5 Å². The van der Waals surface area contributed by atoms with Crippen molar-refractivity contribution in [3.63, 3.8) is 0 Å². The molecule has 2 aromatic carbocycles. The number of alkyl halides is 3. The molecule has 0 aliphatic heterocycles. The molecular weight excluding hydrogens is 522 g/mol. The summed E-state index contributed by atoms with van der Waals surface area (Å²) in [5.41, 5.74) is -0.489. The lowest BCUT2D eigenvalue weighted by Gasteiger charge is -2.39. The zero-order valence-corrected chi connectivity index (χ0v) is 22.5. The number of nitrogens with zero attached hydrogens (tertiary/aromatic N) is 4. The van der Waals surface area contributed by atoms with E-state index in [2.05, 4.69) is 41.6 Å². The number of rotatable bonds is 6. The van der Waals surface area contributed by atoms with Crippen LogP contribution in [0.4, 0.5) is 18.9 Å². The summed E-state index contributed by atoms with van der Waals surface area (Å²) in [4.78, 5) is 0. The molecule has 1 heterocycles. The molecule has 0 spiro atoms. The second kappa shape index (κ2) is 10.7. The molecule has 0 radical (unpaired) electrons. The van der Waals surface area contributed by atoms with Crippen molar-refractivity contribution in [2.24, 2.45) is 5.41 Å². The molecule has 1 atom stereocenters. The molecule has 1 N–H and O–H groups in total. The molecule has 0 unspecified atom stereocenters. The lowest BCUT2D eigenvalue weighted by atomic mass is 9.79. The normalized spacial score (nSPS) is 17.2. The minimum Gasteiger partial charge on any atom is -0.373 e. The van der Waals surface area contributed by atoms with Crippen molar-refractivity contribution in [2.75, 3.05) is 5.32 Å². The van der Waals surface area contributed by atoms with Crippen molar-refractivity contribution in [3.05, 3.63) is 75.5 Å². The first kappa shape index (κ1) is 27.5. The fraction of sp³-hybridized carbons (Fsp3) is 0.444. The highest BCUT2D eigenvalue weighted by atomic mass is 35.5. The molecule has 1 saturated carbocycles. The number of aromatic nitrogens is 4. The van der Waals surface area contributed by atoms with E-state index >= 15 is 0 Å². The number of tetrazole rings is 1. The first-order valence-electron chi connectivity index (χ1n) is 12.3. The molecule has 1 aromatic heterocycles. The Bertz CT molecular complexity index is 1260. The van der Waals surface area contributed by atoms with Crippen LogP contribution in [0.15, 0.2) is 48.5 Å². The third-order valence-electron chi connectivity index (χ3n) is 6.77. The standard InChI is InChI=1S/C27H30Cl2F3N5/c1-25(2,3)23(13-11-18-10-12-20(28)17-22(18)29)37-24(34-35-36-37)26(14-5-4-6-15-26)33-21-9-7-8-19(16-21)27(30,31)32/h7-13,16-17,23,33H,4-6,14-15H2,1-3H3/b13-11+/t23-/m0/s1. The van der Waals surface area contributed by atoms with Crippen molar-refractivity contribution in [3.8, 4) is 0 Å². The van der Waals surface area contributed by atoms with E-state index in [0.717, 1.165) is 37.0 Å². The van der Waals surface area contributed by atoms with Crippen LogP contribution < -0.4 is 5.32 Å². The topological polar surface area (TPSA) is 55.6 Å². The highest BCUT2D eigenvalue weighted by Crippen LogP contribution is 2.43. The maximum absolute atomic E-state index is 13.4. The summed E-state index contributed by atoms with van der Waals surface area (Å²) in [7, 11) is 0. The van der Waals surface area contributed by atoms with Crippen LogP contribution in [-0.2, 0) is 11.7 Å². The Hall–Kier alpha value is -2.58. The Morgan fingerprint density at radius 3 is 2.41 bits per heavy atom. The van der Waals surface area contributed by atoms with Gasteiger partial charge in [0.1, 0.15) is 0 Å². The highest BCUT2D eigenvalue weighted by molar-refractivity contribution is 6.35. The first-order valence-corrected chi connectivity index (χ1v) is 13.0. The summed E-state index contributed by atoms with van der Waals surface area (Å²) in [5.74, 6) is 0.608. The molecule has 198 valence electrons. The van der Waals surface area contributed by atoms with Gasteiger partial charge in [-0.05, 0) is 64.6 Å². The Balaban J connectivity index is 1.75. The minimum absolute atomic E-state index is 0.258. The number of anilines is 1. The van der Waals surface area contributed by atoms with Crippen molar-refractivity contribution in [1.82, 2.24) is 20.2 Å². The quantitative estimate of drug-likeness (QED) is 0.333. The molecule has 0 saturated heterocycles. The van der Waals surface area contributed by atoms with E-state index in [1.807, 2.05) is 18.2 Å². The van der Waals surface area contributed by atoms with Crippen LogP contribution in [0.25, 0.3) is 6.08 Å². The Morgan fingerprint density at radius 1 is 1.03 bits per heavy atom. The van der Waals surface area contributed by atoms with Crippen LogP contribution in [0.2, 0.25) is 10.0 Å². The van der Waals surface area contributed by atoms with Gasteiger partial charge in [0.2, 0.25) is 0 Å². The van der Waals surface area contributed by atoms with Gasteiger partial charge in [0.15, 0.2) is 5.82 Å². The van der Waals surface area contributed by atoms with Crippen LogP contribution in [0.1, 0.15) is 75.9 Å². The Labute approximate surface area is 225 Å². The van der Waals surface area contributed by atoms with Gasteiger partial charge in [-0.3, -0.25) is 0 Å². The highest BCUT2D eigenvalue weighted by Gasteiger charge is 2.42. The summed E-state index contributed by atoms with van der Waals surface area (Å²) in [6, 6.07) is 10.3. The number of benzene rings is 2. The maximum atomic E-state index is 13.4. The third-order valence-corrected chi connectivity index (χ3v) is 7.34. The van der Waals surface area contributed by atoms with Crippen LogP contribution in [0.3, 0.4) is 0 Å². The van der Waals surface area contributed by atoms with Crippen LogP contribution in [0.5, 0.6) is 0 Å². The number of hydrogen-bond donors (Lipinski definition) is 1. The van der Waals surface area contributed by atoms with Crippen LogP contribution in [-0.4, -0.2) is 20.2 Å². The fourth-order valence-corrected chi connectivity index (χ4v) is 5.35. The molecule has 1 fully saturated rings. The van der Waals surface area contributed by atoms with Gasteiger partial charge in [-0.15, -0.1) is 5.10 Å².